The molecule has 0 fully saturated rings. The van der Waals surface area contributed by atoms with E-state index in [-0.39, 0.29) is 10.7 Å². The summed E-state index contributed by atoms with van der Waals surface area (Å²) in [5.74, 6) is -0.351. The Kier molecular flexibility index (Phi) is 5.11. The van der Waals surface area contributed by atoms with E-state index in [1.54, 1.807) is 12.1 Å². The van der Waals surface area contributed by atoms with Crippen LogP contribution in [0.25, 0.3) is 0 Å². The summed E-state index contributed by atoms with van der Waals surface area (Å²) >= 11 is 6.09. The molecule has 0 aliphatic heterocycles. The van der Waals surface area contributed by atoms with Gasteiger partial charge in [0, 0.05) is 10.7 Å². The molecule has 3 aromatic rings. The molecule has 0 atom stereocenters. The number of benzene rings is 2. The van der Waals surface area contributed by atoms with E-state index in [9.17, 15) is 12.8 Å². The van der Waals surface area contributed by atoms with Gasteiger partial charge >= 0.3 is 0 Å². The van der Waals surface area contributed by atoms with Crippen LogP contribution in [0.2, 0.25) is 5.02 Å². The third-order valence-corrected chi connectivity index (χ3v) is 5.36. The molecule has 1 aromatic heterocycles. The van der Waals surface area contributed by atoms with E-state index >= 15 is 0 Å². The molecule has 2 N–H and O–H groups in total. The average molecular weight is 392 g/mol. The second-order valence-corrected chi connectivity index (χ2v) is 7.67. The maximum Gasteiger partial charge on any atom is 0.263 e. The van der Waals surface area contributed by atoms with Crippen LogP contribution >= 0.6 is 11.6 Å². The first kappa shape index (κ1) is 18.2. The molecule has 3 rings (SSSR count). The Balaban J connectivity index is 1.73. The van der Waals surface area contributed by atoms with Gasteiger partial charge in [-0.15, -0.1) is 0 Å². The standard InChI is InChI=1S/C18H15ClFN3O2S/c1-12-2-5-14(10-17(12)19)22-15-6-9-18(21-11-15)23-26(24,25)16-7-3-13(20)4-8-16/h2-11,22H,1H3,(H,21,23). The van der Waals surface area contributed by atoms with E-state index in [4.69, 9.17) is 11.6 Å². The van der Waals surface area contributed by atoms with Crippen molar-refractivity contribution in [3.63, 3.8) is 0 Å². The lowest BCUT2D eigenvalue weighted by atomic mass is 10.2. The zero-order valence-corrected chi connectivity index (χ0v) is 15.3. The number of rotatable bonds is 5. The summed E-state index contributed by atoms with van der Waals surface area (Å²) in [4.78, 5) is 4.04. The number of nitrogens with one attached hydrogen (secondary N) is 2. The van der Waals surface area contributed by atoms with Crippen molar-refractivity contribution in [2.45, 2.75) is 11.8 Å². The van der Waals surface area contributed by atoms with Gasteiger partial charge in [0.15, 0.2) is 0 Å². The summed E-state index contributed by atoms with van der Waals surface area (Å²) in [6.45, 7) is 1.91. The van der Waals surface area contributed by atoms with Gasteiger partial charge in [0.25, 0.3) is 10.0 Å². The topological polar surface area (TPSA) is 71.1 Å². The molecule has 0 amide bonds. The molecule has 0 spiro atoms. The fraction of sp³-hybridized carbons (Fsp3) is 0.0556. The minimum absolute atomic E-state index is 0.0443. The first-order chi connectivity index (χ1) is 12.3. The first-order valence-corrected chi connectivity index (χ1v) is 9.47. The Hall–Kier alpha value is -2.64. The SMILES string of the molecule is Cc1ccc(Nc2ccc(NS(=O)(=O)c3ccc(F)cc3)nc2)cc1Cl. The number of halogens is 2. The normalized spacial score (nSPS) is 11.2. The lowest BCUT2D eigenvalue weighted by Crippen LogP contribution is -2.13. The van der Waals surface area contributed by atoms with Crippen molar-refractivity contribution in [3.8, 4) is 0 Å². The predicted molar refractivity (Wildman–Crippen MR) is 101 cm³/mol. The van der Waals surface area contributed by atoms with Gasteiger partial charge in [-0.25, -0.2) is 17.8 Å². The molecule has 8 heteroatoms. The molecule has 2 aromatic carbocycles. The van der Waals surface area contributed by atoms with Crippen LogP contribution in [-0.2, 0) is 10.0 Å². The molecule has 0 aliphatic carbocycles. The lowest BCUT2D eigenvalue weighted by Gasteiger charge is -2.10. The summed E-state index contributed by atoms with van der Waals surface area (Å²) in [6, 6.07) is 13.3. The summed E-state index contributed by atoms with van der Waals surface area (Å²) < 4.78 is 39.8. The Morgan fingerprint density at radius 2 is 1.69 bits per heavy atom. The van der Waals surface area contributed by atoms with Gasteiger partial charge in [0.1, 0.15) is 11.6 Å². The van der Waals surface area contributed by atoms with Gasteiger partial charge in [0.2, 0.25) is 0 Å². The highest BCUT2D eigenvalue weighted by atomic mass is 35.5. The van der Waals surface area contributed by atoms with Gasteiger partial charge in [-0.1, -0.05) is 17.7 Å². The molecule has 0 unspecified atom stereocenters. The molecule has 0 bridgehead atoms. The van der Waals surface area contributed by atoms with Crippen LogP contribution in [0.15, 0.2) is 65.7 Å². The number of hydrogen-bond donors (Lipinski definition) is 2. The van der Waals surface area contributed by atoms with Crippen LogP contribution in [0.4, 0.5) is 21.6 Å². The van der Waals surface area contributed by atoms with E-state index in [2.05, 4.69) is 15.0 Å². The molecule has 0 saturated carbocycles. The Bertz CT molecular complexity index is 1020. The van der Waals surface area contributed by atoms with Gasteiger partial charge in [-0.2, -0.15) is 0 Å². The minimum atomic E-state index is -3.83. The van der Waals surface area contributed by atoms with Crippen molar-refractivity contribution in [2.24, 2.45) is 0 Å². The summed E-state index contributed by atoms with van der Waals surface area (Å²) in [6.07, 6.45) is 1.50. The summed E-state index contributed by atoms with van der Waals surface area (Å²) in [5, 5.41) is 3.78. The molecule has 1 heterocycles. The monoisotopic (exact) mass is 391 g/mol. The fourth-order valence-corrected chi connectivity index (χ4v) is 3.36. The smallest absolute Gasteiger partial charge is 0.263 e. The Morgan fingerprint density at radius 1 is 1.00 bits per heavy atom. The molecule has 26 heavy (non-hydrogen) atoms. The average Bonchev–Trinajstić information content (AvgIpc) is 2.60. The number of sulfonamides is 1. The number of aromatic nitrogens is 1. The first-order valence-electron chi connectivity index (χ1n) is 7.61. The highest BCUT2D eigenvalue weighted by Gasteiger charge is 2.14. The van der Waals surface area contributed by atoms with E-state index in [0.717, 1.165) is 23.4 Å². The van der Waals surface area contributed by atoms with E-state index in [1.165, 1.54) is 24.4 Å². The third-order valence-electron chi connectivity index (χ3n) is 3.59. The molecule has 0 saturated heterocycles. The Labute approximate surface area is 155 Å². The van der Waals surface area contributed by atoms with Crippen molar-refractivity contribution in [2.75, 3.05) is 10.0 Å². The molecule has 5 nitrogen and oxygen atoms in total. The Morgan fingerprint density at radius 3 is 2.31 bits per heavy atom. The molecule has 0 radical (unpaired) electrons. The van der Waals surface area contributed by atoms with Crippen LogP contribution in [0.1, 0.15) is 5.56 Å². The quantitative estimate of drug-likeness (QED) is 0.659. The second kappa shape index (κ2) is 7.31. The van der Waals surface area contributed by atoms with Crippen molar-refractivity contribution < 1.29 is 12.8 Å². The lowest BCUT2D eigenvalue weighted by molar-refractivity contribution is 0.599. The minimum Gasteiger partial charge on any atom is -0.354 e. The van der Waals surface area contributed by atoms with E-state index in [1.807, 2.05) is 19.1 Å². The molecule has 0 aliphatic rings. The zero-order chi connectivity index (χ0) is 18.7. The summed E-state index contributed by atoms with van der Waals surface area (Å²) in [7, 11) is -3.83. The van der Waals surface area contributed by atoms with Crippen molar-refractivity contribution in [1.29, 1.82) is 0 Å². The van der Waals surface area contributed by atoms with E-state index in [0.29, 0.717) is 10.7 Å². The van der Waals surface area contributed by atoms with Crippen molar-refractivity contribution >= 4 is 38.8 Å². The van der Waals surface area contributed by atoms with Crippen LogP contribution in [0.5, 0.6) is 0 Å². The molecular formula is C18H15ClFN3O2S. The number of hydrogen-bond acceptors (Lipinski definition) is 4. The zero-order valence-electron chi connectivity index (χ0n) is 13.7. The maximum atomic E-state index is 12.9. The van der Waals surface area contributed by atoms with Crippen LogP contribution in [-0.4, -0.2) is 13.4 Å². The van der Waals surface area contributed by atoms with Gasteiger partial charge in [-0.05, 0) is 61.0 Å². The largest absolute Gasteiger partial charge is 0.354 e. The molecular weight excluding hydrogens is 377 g/mol. The summed E-state index contributed by atoms with van der Waals surface area (Å²) in [5.41, 5.74) is 2.44. The predicted octanol–water partition coefficient (Wildman–Crippen LogP) is 4.73. The second-order valence-electron chi connectivity index (χ2n) is 5.58. The van der Waals surface area contributed by atoms with Crippen molar-refractivity contribution in [1.82, 2.24) is 4.98 Å². The molecule has 134 valence electrons. The number of nitrogens with zero attached hydrogens (tertiary/aromatic N) is 1. The third kappa shape index (κ3) is 4.30. The van der Waals surface area contributed by atoms with Crippen molar-refractivity contribution in [3.05, 3.63) is 77.2 Å². The van der Waals surface area contributed by atoms with E-state index < -0.39 is 15.8 Å². The van der Waals surface area contributed by atoms with Gasteiger partial charge < -0.3 is 5.32 Å². The van der Waals surface area contributed by atoms with Crippen LogP contribution in [0, 0.1) is 12.7 Å². The number of pyridine rings is 1. The maximum absolute atomic E-state index is 12.9. The highest BCUT2D eigenvalue weighted by molar-refractivity contribution is 7.92. The van der Waals surface area contributed by atoms with Crippen LogP contribution in [0.3, 0.4) is 0 Å². The fourth-order valence-electron chi connectivity index (χ4n) is 2.18. The van der Waals surface area contributed by atoms with Crippen LogP contribution < -0.4 is 10.0 Å². The van der Waals surface area contributed by atoms with Gasteiger partial charge in [0.05, 0.1) is 16.8 Å². The highest BCUT2D eigenvalue weighted by Crippen LogP contribution is 2.23. The van der Waals surface area contributed by atoms with Gasteiger partial charge in [-0.3, -0.25) is 4.72 Å². The number of anilines is 3. The number of aryl methyl sites for hydroxylation is 1.